The predicted molar refractivity (Wildman–Crippen MR) is 134 cm³/mol. The van der Waals surface area contributed by atoms with Gasteiger partial charge >= 0.3 is 0 Å². The number of likely N-dealkylation sites (tertiary alicyclic amines) is 2. The summed E-state index contributed by atoms with van der Waals surface area (Å²) in [6.07, 6.45) is 11.3. The van der Waals surface area contributed by atoms with Gasteiger partial charge in [-0.25, -0.2) is 0 Å². The van der Waals surface area contributed by atoms with Gasteiger partial charge in [0.2, 0.25) is 11.7 Å². The zero-order valence-corrected chi connectivity index (χ0v) is 20.8. The molecular formula is C27H35N3O5. The molecule has 8 heteroatoms. The average molecular weight is 482 g/mol. The summed E-state index contributed by atoms with van der Waals surface area (Å²) in [7, 11) is 4.73. The topological polar surface area (TPSA) is 73.4 Å². The third-order valence-corrected chi connectivity index (χ3v) is 6.83. The first-order chi connectivity index (χ1) is 17.1. The molecule has 1 amide bonds. The number of benzene rings is 1. The SMILES string of the molecule is COc1cc(/C=C/C(=O)N2CCC(N3CCC(Oc4ccncc4)CC3)CC2)cc(OC)c1OC. The molecule has 2 fully saturated rings. The minimum atomic E-state index is 0.0293. The summed E-state index contributed by atoms with van der Waals surface area (Å²) in [5.74, 6) is 2.59. The van der Waals surface area contributed by atoms with E-state index in [4.69, 9.17) is 18.9 Å². The van der Waals surface area contributed by atoms with E-state index < -0.39 is 0 Å². The van der Waals surface area contributed by atoms with E-state index in [9.17, 15) is 4.79 Å². The van der Waals surface area contributed by atoms with E-state index in [2.05, 4.69) is 9.88 Å². The molecule has 2 aromatic rings. The van der Waals surface area contributed by atoms with Crippen LogP contribution in [0, 0.1) is 0 Å². The Bertz CT molecular complexity index is 972. The van der Waals surface area contributed by atoms with Crippen molar-refractivity contribution in [3.8, 4) is 23.0 Å². The molecule has 2 aliphatic heterocycles. The number of hydrogen-bond donors (Lipinski definition) is 0. The van der Waals surface area contributed by atoms with Gasteiger partial charge in [-0.2, -0.15) is 0 Å². The highest BCUT2D eigenvalue weighted by Crippen LogP contribution is 2.38. The van der Waals surface area contributed by atoms with Crippen LogP contribution in [0.2, 0.25) is 0 Å². The largest absolute Gasteiger partial charge is 0.493 e. The highest BCUT2D eigenvalue weighted by atomic mass is 16.5. The van der Waals surface area contributed by atoms with Crippen LogP contribution in [0.4, 0.5) is 0 Å². The fourth-order valence-electron chi connectivity index (χ4n) is 4.89. The average Bonchev–Trinajstić information content (AvgIpc) is 2.92. The Hall–Kier alpha value is -3.26. The molecule has 35 heavy (non-hydrogen) atoms. The second kappa shape index (κ2) is 11.9. The van der Waals surface area contributed by atoms with Crippen LogP contribution in [0.3, 0.4) is 0 Å². The van der Waals surface area contributed by atoms with Crippen molar-refractivity contribution in [1.82, 2.24) is 14.8 Å². The zero-order chi connectivity index (χ0) is 24.6. The van der Waals surface area contributed by atoms with Gasteiger partial charge in [0.1, 0.15) is 11.9 Å². The van der Waals surface area contributed by atoms with Crippen molar-refractivity contribution in [1.29, 1.82) is 0 Å². The van der Waals surface area contributed by atoms with Crippen LogP contribution in [-0.2, 0) is 4.79 Å². The summed E-state index contributed by atoms with van der Waals surface area (Å²) in [4.78, 5) is 21.4. The molecule has 0 saturated carbocycles. The number of amides is 1. The lowest BCUT2D eigenvalue weighted by atomic mass is 9.98. The number of carbonyl (C=O) groups is 1. The molecule has 0 aliphatic carbocycles. The molecule has 188 valence electrons. The normalized spacial score (nSPS) is 18.0. The summed E-state index contributed by atoms with van der Waals surface area (Å²) in [6, 6.07) is 8.02. The lowest BCUT2D eigenvalue weighted by molar-refractivity contribution is -0.127. The lowest BCUT2D eigenvalue weighted by Crippen LogP contribution is -2.49. The fraction of sp³-hybridized carbons (Fsp3) is 0.481. The summed E-state index contributed by atoms with van der Waals surface area (Å²) < 4.78 is 22.3. The van der Waals surface area contributed by atoms with Crippen LogP contribution in [0.5, 0.6) is 23.0 Å². The van der Waals surface area contributed by atoms with Gasteiger partial charge < -0.3 is 23.8 Å². The number of hydrogen-bond acceptors (Lipinski definition) is 7. The molecule has 3 heterocycles. The summed E-state index contributed by atoms with van der Waals surface area (Å²) in [5, 5.41) is 0. The third-order valence-electron chi connectivity index (χ3n) is 6.83. The van der Waals surface area contributed by atoms with Crippen LogP contribution in [0.15, 0.2) is 42.7 Å². The van der Waals surface area contributed by atoms with Crippen molar-refractivity contribution in [3.05, 3.63) is 48.3 Å². The van der Waals surface area contributed by atoms with Crippen LogP contribution < -0.4 is 18.9 Å². The quantitative estimate of drug-likeness (QED) is 0.533. The first kappa shape index (κ1) is 24.9. The minimum absolute atomic E-state index is 0.0293. The van der Waals surface area contributed by atoms with Crippen molar-refractivity contribution >= 4 is 12.0 Å². The van der Waals surface area contributed by atoms with E-state index in [1.165, 1.54) is 0 Å². The van der Waals surface area contributed by atoms with Crippen LogP contribution in [0.1, 0.15) is 31.2 Å². The highest BCUT2D eigenvalue weighted by Gasteiger charge is 2.29. The standard InChI is InChI=1S/C27H35N3O5/c1-32-24-18-20(19-25(33-2)27(24)34-3)4-5-26(31)30-14-8-21(9-15-30)29-16-10-23(11-17-29)35-22-6-12-28-13-7-22/h4-7,12-13,18-19,21,23H,8-11,14-17H2,1-3H3/b5-4+. The van der Waals surface area contributed by atoms with Crippen molar-refractivity contribution in [2.45, 2.75) is 37.8 Å². The van der Waals surface area contributed by atoms with Gasteiger partial charge in [-0.3, -0.25) is 14.7 Å². The molecule has 8 nitrogen and oxygen atoms in total. The molecule has 2 aliphatic rings. The van der Waals surface area contributed by atoms with Crippen molar-refractivity contribution in [2.24, 2.45) is 0 Å². The molecule has 1 aromatic heterocycles. The molecule has 0 radical (unpaired) electrons. The molecule has 0 bridgehead atoms. The number of rotatable bonds is 8. The maximum atomic E-state index is 12.8. The van der Waals surface area contributed by atoms with Crippen LogP contribution in [0.25, 0.3) is 6.08 Å². The summed E-state index contributed by atoms with van der Waals surface area (Å²) >= 11 is 0. The van der Waals surface area contributed by atoms with E-state index in [0.717, 1.165) is 63.2 Å². The van der Waals surface area contributed by atoms with E-state index in [1.54, 1.807) is 45.9 Å². The second-order valence-electron chi connectivity index (χ2n) is 8.88. The fourth-order valence-corrected chi connectivity index (χ4v) is 4.89. The van der Waals surface area contributed by atoms with E-state index >= 15 is 0 Å². The minimum Gasteiger partial charge on any atom is -0.493 e. The monoisotopic (exact) mass is 481 g/mol. The summed E-state index contributed by atoms with van der Waals surface area (Å²) in [5.41, 5.74) is 0.819. The number of ether oxygens (including phenoxy) is 4. The number of methoxy groups -OCH3 is 3. The van der Waals surface area contributed by atoms with Gasteiger partial charge in [0.05, 0.1) is 21.3 Å². The number of carbonyl (C=O) groups excluding carboxylic acids is 1. The van der Waals surface area contributed by atoms with Gasteiger partial charge in [-0.1, -0.05) is 0 Å². The molecule has 2 saturated heterocycles. The summed E-state index contributed by atoms with van der Waals surface area (Å²) in [6.45, 7) is 3.62. The number of pyridine rings is 1. The molecule has 4 rings (SSSR count). The van der Waals surface area contributed by atoms with E-state index in [0.29, 0.717) is 23.3 Å². The maximum Gasteiger partial charge on any atom is 0.246 e. The number of nitrogens with zero attached hydrogens (tertiary/aromatic N) is 3. The van der Waals surface area contributed by atoms with Crippen molar-refractivity contribution < 1.29 is 23.7 Å². The Morgan fingerprint density at radius 1 is 0.914 bits per heavy atom. The van der Waals surface area contributed by atoms with Crippen LogP contribution >= 0.6 is 0 Å². The molecule has 0 atom stereocenters. The Kier molecular flexibility index (Phi) is 8.47. The molecule has 1 aromatic carbocycles. The Labute approximate surface area is 207 Å². The smallest absolute Gasteiger partial charge is 0.246 e. The van der Waals surface area contributed by atoms with Crippen LogP contribution in [-0.4, -0.2) is 80.3 Å². The van der Waals surface area contributed by atoms with Gasteiger partial charge in [0.25, 0.3) is 0 Å². The third kappa shape index (κ3) is 6.25. The zero-order valence-electron chi connectivity index (χ0n) is 20.8. The van der Waals surface area contributed by atoms with Gasteiger partial charge in [0, 0.05) is 50.7 Å². The van der Waals surface area contributed by atoms with Gasteiger partial charge in [0.15, 0.2) is 11.5 Å². The Balaban J connectivity index is 1.25. The van der Waals surface area contributed by atoms with Crippen molar-refractivity contribution in [2.75, 3.05) is 47.5 Å². The molecular weight excluding hydrogens is 446 g/mol. The molecule has 0 spiro atoms. The second-order valence-corrected chi connectivity index (χ2v) is 8.88. The van der Waals surface area contributed by atoms with E-state index in [-0.39, 0.29) is 12.0 Å². The number of aromatic nitrogens is 1. The predicted octanol–water partition coefficient (Wildman–Crippen LogP) is 3.66. The molecule has 0 unspecified atom stereocenters. The molecule has 0 N–H and O–H groups in total. The first-order valence-corrected chi connectivity index (χ1v) is 12.2. The van der Waals surface area contributed by atoms with E-state index in [1.807, 2.05) is 29.2 Å². The number of piperidine rings is 2. The Morgan fingerprint density at radius 2 is 1.54 bits per heavy atom. The highest BCUT2D eigenvalue weighted by molar-refractivity contribution is 5.92. The maximum absolute atomic E-state index is 12.8. The lowest BCUT2D eigenvalue weighted by Gasteiger charge is -2.41. The van der Waals surface area contributed by atoms with Gasteiger partial charge in [-0.05, 0) is 61.6 Å². The first-order valence-electron chi connectivity index (χ1n) is 12.2. The van der Waals surface area contributed by atoms with Crippen molar-refractivity contribution in [3.63, 3.8) is 0 Å². The van der Waals surface area contributed by atoms with Gasteiger partial charge in [-0.15, -0.1) is 0 Å². The Morgan fingerprint density at radius 3 is 2.11 bits per heavy atom.